The van der Waals surface area contributed by atoms with Gasteiger partial charge >= 0.3 is 0 Å². The number of methoxy groups -OCH3 is 1. The number of carbonyl (C=O) groups is 1. The smallest absolute Gasteiger partial charge is 0.250 e. The summed E-state index contributed by atoms with van der Waals surface area (Å²) in [6, 6.07) is 16.0. The Labute approximate surface area is 113 Å². The summed E-state index contributed by atoms with van der Waals surface area (Å²) in [5.41, 5.74) is 4.22. The predicted molar refractivity (Wildman–Crippen MR) is 77.1 cm³/mol. The van der Waals surface area contributed by atoms with E-state index in [4.69, 9.17) is 4.74 Å². The van der Waals surface area contributed by atoms with Crippen LogP contribution in [0.3, 0.4) is 0 Å². The number of rotatable bonds is 4. The zero-order valence-electron chi connectivity index (χ0n) is 11.1. The van der Waals surface area contributed by atoms with E-state index in [9.17, 15) is 4.79 Å². The molecular formula is C16H17NO2. The fourth-order valence-electron chi connectivity index (χ4n) is 1.96. The molecule has 2 rings (SSSR count). The quantitative estimate of drug-likeness (QED) is 0.910. The fourth-order valence-corrected chi connectivity index (χ4v) is 1.96. The van der Waals surface area contributed by atoms with Crippen molar-refractivity contribution in [1.82, 2.24) is 0 Å². The second-order valence-electron chi connectivity index (χ2n) is 4.38. The number of aryl methyl sites for hydroxylation is 1. The van der Waals surface area contributed by atoms with Gasteiger partial charge in [-0.25, -0.2) is 0 Å². The lowest BCUT2D eigenvalue weighted by Crippen LogP contribution is -2.17. The average Bonchev–Trinajstić information content (AvgIpc) is 2.42. The highest BCUT2D eigenvalue weighted by atomic mass is 16.5. The van der Waals surface area contributed by atoms with Gasteiger partial charge in [-0.1, -0.05) is 36.4 Å². The number of ether oxygens (including phenoxy) is 1. The van der Waals surface area contributed by atoms with Gasteiger partial charge in [0.2, 0.25) is 5.91 Å². The molecule has 0 bridgehead atoms. The molecular weight excluding hydrogens is 238 g/mol. The lowest BCUT2D eigenvalue weighted by Gasteiger charge is -2.10. The van der Waals surface area contributed by atoms with Crippen LogP contribution in [0.2, 0.25) is 0 Å². The molecule has 98 valence electrons. The summed E-state index contributed by atoms with van der Waals surface area (Å²) >= 11 is 0. The van der Waals surface area contributed by atoms with E-state index >= 15 is 0 Å². The van der Waals surface area contributed by atoms with Gasteiger partial charge in [0.1, 0.15) is 6.61 Å². The molecule has 2 aromatic carbocycles. The van der Waals surface area contributed by atoms with Gasteiger partial charge in [-0.05, 0) is 35.7 Å². The van der Waals surface area contributed by atoms with Gasteiger partial charge in [0.05, 0.1) is 0 Å². The molecule has 0 unspecified atom stereocenters. The van der Waals surface area contributed by atoms with Crippen molar-refractivity contribution in [2.24, 2.45) is 0 Å². The van der Waals surface area contributed by atoms with Crippen molar-refractivity contribution < 1.29 is 9.53 Å². The lowest BCUT2D eigenvalue weighted by atomic mass is 10.00. The van der Waals surface area contributed by atoms with E-state index in [1.165, 1.54) is 12.7 Å². The van der Waals surface area contributed by atoms with Crippen LogP contribution in [0.4, 0.5) is 5.69 Å². The first-order valence-electron chi connectivity index (χ1n) is 6.15. The Bertz CT molecular complexity index is 564. The first kappa shape index (κ1) is 13.3. The molecule has 0 fully saturated rings. The number of anilines is 1. The number of carbonyl (C=O) groups excluding carboxylic acids is 1. The Morgan fingerprint density at radius 2 is 1.89 bits per heavy atom. The zero-order valence-corrected chi connectivity index (χ0v) is 11.1. The van der Waals surface area contributed by atoms with Crippen molar-refractivity contribution in [2.75, 3.05) is 19.0 Å². The summed E-state index contributed by atoms with van der Waals surface area (Å²) in [7, 11) is 1.50. The normalized spacial score (nSPS) is 10.2. The Kier molecular flexibility index (Phi) is 4.31. The summed E-state index contributed by atoms with van der Waals surface area (Å²) in [6.45, 7) is 2.12. The zero-order chi connectivity index (χ0) is 13.7. The maximum atomic E-state index is 11.5. The van der Waals surface area contributed by atoms with Crippen molar-refractivity contribution in [3.05, 3.63) is 54.1 Å². The summed E-state index contributed by atoms with van der Waals surface area (Å²) in [4.78, 5) is 11.5. The molecule has 0 saturated heterocycles. The largest absolute Gasteiger partial charge is 0.375 e. The molecule has 0 heterocycles. The van der Waals surface area contributed by atoms with Gasteiger partial charge in [-0.3, -0.25) is 4.79 Å². The fraction of sp³-hybridized carbons (Fsp3) is 0.188. The van der Waals surface area contributed by atoms with Crippen LogP contribution in [-0.4, -0.2) is 19.6 Å². The van der Waals surface area contributed by atoms with Gasteiger partial charge in [-0.15, -0.1) is 0 Å². The number of benzene rings is 2. The van der Waals surface area contributed by atoms with E-state index in [2.05, 4.69) is 24.4 Å². The molecule has 0 spiro atoms. The number of amides is 1. The minimum atomic E-state index is -0.148. The molecule has 0 aliphatic heterocycles. The van der Waals surface area contributed by atoms with Gasteiger partial charge < -0.3 is 10.1 Å². The first-order chi connectivity index (χ1) is 9.20. The highest BCUT2D eigenvalue weighted by molar-refractivity contribution is 5.92. The summed E-state index contributed by atoms with van der Waals surface area (Å²) < 4.78 is 4.80. The predicted octanol–water partition coefficient (Wildman–Crippen LogP) is 3.25. The van der Waals surface area contributed by atoms with Crippen molar-refractivity contribution in [3.63, 3.8) is 0 Å². The molecule has 0 saturated carbocycles. The summed E-state index contributed by atoms with van der Waals surface area (Å²) in [5, 5.41) is 2.82. The van der Waals surface area contributed by atoms with Gasteiger partial charge in [0, 0.05) is 12.8 Å². The third-order valence-electron chi connectivity index (χ3n) is 2.88. The number of nitrogens with one attached hydrogen (secondary N) is 1. The Hall–Kier alpha value is -2.13. The molecule has 0 atom stereocenters. The topological polar surface area (TPSA) is 38.3 Å². The van der Waals surface area contributed by atoms with Crippen molar-refractivity contribution in [3.8, 4) is 11.1 Å². The molecule has 3 nitrogen and oxygen atoms in total. The number of hydrogen-bond acceptors (Lipinski definition) is 2. The Morgan fingerprint density at radius 3 is 2.58 bits per heavy atom. The van der Waals surface area contributed by atoms with Crippen LogP contribution in [0.25, 0.3) is 11.1 Å². The van der Waals surface area contributed by atoms with E-state index in [0.29, 0.717) is 0 Å². The average molecular weight is 255 g/mol. The van der Waals surface area contributed by atoms with Gasteiger partial charge in [0.15, 0.2) is 0 Å². The maximum Gasteiger partial charge on any atom is 0.250 e. The van der Waals surface area contributed by atoms with Crippen molar-refractivity contribution in [2.45, 2.75) is 6.92 Å². The van der Waals surface area contributed by atoms with Crippen LogP contribution in [0.5, 0.6) is 0 Å². The molecule has 0 aliphatic carbocycles. The second kappa shape index (κ2) is 6.16. The van der Waals surface area contributed by atoms with Crippen LogP contribution in [0, 0.1) is 6.92 Å². The van der Waals surface area contributed by atoms with Gasteiger partial charge in [0.25, 0.3) is 0 Å². The van der Waals surface area contributed by atoms with Gasteiger partial charge in [-0.2, -0.15) is 0 Å². The Morgan fingerprint density at radius 1 is 1.16 bits per heavy atom. The van der Waals surface area contributed by atoms with E-state index in [1.807, 2.05) is 36.4 Å². The van der Waals surface area contributed by atoms with Crippen LogP contribution in [0.15, 0.2) is 48.5 Å². The molecule has 0 aromatic heterocycles. The van der Waals surface area contributed by atoms with Crippen molar-refractivity contribution >= 4 is 11.6 Å². The summed E-state index contributed by atoms with van der Waals surface area (Å²) in [5.74, 6) is -0.148. The van der Waals surface area contributed by atoms with Crippen LogP contribution < -0.4 is 5.32 Å². The molecule has 2 aromatic rings. The third kappa shape index (κ3) is 3.42. The molecule has 3 heteroatoms. The first-order valence-corrected chi connectivity index (χ1v) is 6.15. The molecule has 0 radical (unpaired) electrons. The third-order valence-corrected chi connectivity index (χ3v) is 2.88. The number of hydrogen-bond donors (Lipinski definition) is 1. The van der Waals surface area contributed by atoms with Crippen molar-refractivity contribution in [1.29, 1.82) is 0 Å². The SMILES string of the molecule is COCC(=O)Nc1ccc(C)c(-c2ccccc2)c1. The second-order valence-corrected chi connectivity index (χ2v) is 4.38. The highest BCUT2D eigenvalue weighted by Crippen LogP contribution is 2.26. The van der Waals surface area contributed by atoms with E-state index in [0.717, 1.165) is 16.8 Å². The molecule has 1 amide bonds. The maximum absolute atomic E-state index is 11.5. The standard InChI is InChI=1S/C16H17NO2/c1-12-8-9-14(17-16(18)11-19-2)10-15(12)13-6-4-3-5-7-13/h3-10H,11H2,1-2H3,(H,17,18). The van der Waals surface area contributed by atoms with E-state index in [-0.39, 0.29) is 12.5 Å². The monoisotopic (exact) mass is 255 g/mol. The highest BCUT2D eigenvalue weighted by Gasteiger charge is 2.05. The minimum Gasteiger partial charge on any atom is -0.375 e. The summed E-state index contributed by atoms with van der Waals surface area (Å²) in [6.07, 6.45) is 0. The van der Waals surface area contributed by atoms with Crippen LogP contribution in [0.1, 0.15) is 5.56 Å². The molecule has 1 N–H and O–H groups in total. The molecule has 0 aliphatic rings. The van der Waals surface area contributed by atoms with E-state index < -0.39 is 0 Å². The minimum absolute atomic E-state index is 0.0640. The Balaban J connectivity index is 2.28. The molecule has 19 heavy (non-hydrogen) atoms. The lowest BCUT2D eigenvalue weighted by molar-refractivity contribution is -0.119. The van der Waals surface area contributed by atoms with Crippen LogP contribution in [-0.2, 0) is 9.53 Å². The van der Waals surface area contributed by atoms with E-state index in [1.54, 1.807) is 0 Å². The van der Waals surface area contributed by atoms with Crippen LogP contribution >= 0.6 is 0 Å².